The van der Waals surface area contributed by atoms with E-state index in [0.29, 0.717) is 18.1 Å². The molecule has 1 saturated heterocycles. The Morgan fingerprint density at radius 2 is 1.87 bits per heavy atom. The molecule has 2 aromatic carbocycles. The molecule has 2 heterocycles. The van der Waals surface area contributed by atoms with Gasteiger partial charge in [0.05, 0.1) is 12.2 Å². The fourth-order valence-electron chi connectivity index (χ4n) is 4.19. The van der Waals surface area contributed by atoms with Crippen LogP contribution >= 0.6 is 0 Å². The quantitative estimate of drug-likeness (QED) is 0.546. The van der Waals surface area contributed by atoms with Crippen LogP contribution in [0.1, 0.15) is 29.0 Å². The summed E-state index contributed by atoms with van der Waals surface area (Å²) < 4.78 is 33.1. The fourth-order valence-corrected chi connectivity index (χ4v) is 4.19. The molecule has 1 aromatic heterocycles. The normalized spacial score (nSPS) is 18.6. The third kappa shape index (κ3) is 5.25. The van der Waals surface area contributed by atoms with Crippen LogP contribution in [0, 0.1) is 28.9 Å². The van der Waals surface area contributed by atoms with Crippen molar-refractivity contribution >= 4 is 0 Å². The van der Waals surface area contributed by atoms with E-state index in [1.54, 1.807) is 18.2 Å². The lowest BCUT2D eigenvalue weighted by molar-refractivity contribution is 0.256. The minimum atomic E-state index is -0.824. The summed E-state index contributed by atoms with van der Waals surface area (Å²) in [6, 6.07) is 19.8. The van der Waals surface area contributed by atoms with Crippen LogP contribution in [0.5, 0.6) is 5.88 Å². The van der Waals surface area contributed by atoms with E-state index in [9.17, 15) is 8.78 Å². The largest absolute Gasteiger partial charge is 0.478 e. The van der Waals surface area contributed by atoms with Gasteiger partial charge in [-0.05, 0) is 41.7 Å². The van der Waals surface area contributed by atoms with E-state index < -0.39 is 11.6 Å². The molecule has 0 bridgehead atoms. The predicted octanol–water partition coefficient (Wildman–Crippen LogP) is 4.92. The number of halogens is 2. The fraction of sp³-hybridized carbons (Fsp3) is 0.280. The molecule has 1 aliphatic rings. The summed E-state index contributed by atoms with van der Waals surface area (Å²) in [5.74, 6) is -0.823. The van der Waals surface area contributed by atoms with Crippen LogP contribution in [0.15, 0.2) is 66.9 Å². The molecule has 4 nitrogen and oxygen atoms in total. The van der Waals surface area contributed by atoms with Gasteiger partial charge in [-0.2, -0.15) is 5.26 Å². The first-order valence-corrected chi connectivity index (χ1v) is 10.3. The molecule has 0 amide bonds. The number of nitriles is 1. The zero-order valence-corrected chi connectivity index (χ0v) is 17.0. The SMILES string of the molecule is N#Cc1ccc(OCCC2CN(Cc3ccccc3)C[C@@H]2c2ccc(F)c(F)c2)nc1. The second-order valence-electron chi connectivity index (χ2n) is 7.85. The van der Waals surface area contributed by atoms with Crippen molar-refractivity contribution < 1.29 is 13.5 Å². The van der Waals surface area contributed by atoms with Crippen LogP contribution in [-0.2, 0) is 6.54 Å². The first-order chi connectivity index (χ1) is 15.1. The Bertz CT molecular complexity index is 1050. The van der Waals surface area contributed by atoms with Crippen molar-refractivity contribution in [1.82, 2.24) is 9.88 Å². The summed E-state index contributed by atoms with van der Waals surface area (Å²) in [6.07, 6.45) is 2.24. The highest BCUT2D eigenvalue weighted by atomic mass is 19.2. The van der Waals surface area contributed by atoms with E-state index in [0.717, 1.165) is 31.6 Å². The van der Waals surface area contributed by atoms with E-state index in [1.165, 1.54) is 23.9 Å². The molecule has 0 spiro atoms. The maximum Gasteiger partial charge on any atom is 0.213 e. The lowest BCUT2D eigenvalue weighted by Crippen LogP contribution is -2.20. The van der Waals surface area contributed by atoms with E-state index in [-0.39, 0.29) is 11.8 Å². The van der Waals surface area contributed by atoms with E-state index in [4.69, 9.17) is 10.00 Å². The molecular formula is C25H23F2N3O. The van der Waals surface area contributed by atoms with Gasteiger partial charge in [-0.1, -0.05) is 36.4 Å². The van der Waals surface area contributed by atoms with Crippen molar-refractivity contribution in [2.45, 2.75) is 18.9 Å². The van der Waals surface area contributed by atoms with Crippen LogP contribution in [0.25, 0.3) is 0 Å². The number of ether oxygens (including phenoxy) is 1. The van der Waals surface area contributed by atoms with Crippen molar-refractivity contribution in [2.24, 2.45) is 5.92 Å². The molecule has 2 atom stereocenters. The summed E-state index contributed by atoms with van der Waals surface area (Å²) in [7, 11) is 0. The monoisotopic (exact) mass is 419 g/mol. The number of likely N-dealkylation sites (tertiary alicyclic amines) is 1. The standard InChI is InChI=1S/C25H23F2N3O/c26-23-8-7-20(12-24(23)27)22-17-30(15-18-4-2-1-3-5-18)16-21(22)10-11-31-25-9-6-19(13-28)14-29-25/h1-9,12,14,21-22H,10-11,15-17H2/t21?,22-/m1/s1. The number of rotatable bonds is 7. The first kappa shape index (κ1) is 21.0. The highest BCUT2D eigenvalue weighted by Crippen LogP contribution is 2.36. The molecule has 3 aromatic rings. The first-order valence-electron chi connectivity index (χ1n) is 10.3. The maximum absolute atomic E-state index is 13.9. The van der Waals surface area contributed by atoms with E-state index in [2.05, 4.69) is 22.0 Å². The van der Waals surface area contributed by atoms with Crippen LogP contribution in [0.4, 0.5) is 8.78 Å². The molecule has 31 heavy (non-hydrogen) atoms. The van der Waals surface area contributed by atoms with Gasteiger partial charge in [0.15, 0.2) is 11.6 Å². The smallest absolute Gasteiger partial charge is 0.213 e. The van der Waals surface area contributed by atoms with Crippen molar-refractivity contribution in [3.8, 4) is 11.9 Å². The van der Waals surface area contributed by atoms with Crippen LogP contribution in [0.3, 0.4) is 0 Å². The molecule has 1 fully saturated rings. The minimum Gasteiger partial charge on any atom is -0.478 e. The Morgan fingerprint density at radius 3 is 2.58 bits per heavy atom. The molecule has 4 rings (SSSR count). The van der Waals surface area contributed by atoms with Gasteiger partial charge in [-0.25, -0.2) is 13.8 Å². The Morgan fingerprint density at radius 1 is 1.03 bits per heavy atom. The number of hydrogen-bond acceptors (Lipinski definition) is 4. The van der Waals surface area contributed by atoms with E-state index in [1.807, 2.05) is 24.3 Å². The predicted molar refractivity (Wildman–Crippen MR) is 113 cm³/mol. The summed E-state index contributed by atoms with van der Waals surface area (Å²) in [5, 5.41) is 8.87. The van der Waals surface area contributed by atoms with Gasteiger partial charge in [-0.3, -0.25) is 4.90 Å². The van der Waals surface area contributed by atoms with E-state index >= 15 is 0 Å². The van der Waals surface area contributed by atoms with Crippen LogP contribution in [-0.4, -0.2) is 29.6 Å². The molecule has 1 aliphatic heterocycles. The highest BCUT2D eigenvalue weighted by molar-refractivity contribution is 5.28. The van der Waals surface area contributed by atoms with Gasteiger partial charge < -0.3 is 4.74 Å². The zero-order valence-electron chi connectivity index (χ0n) is 17.0. The summed E-state index contributed by atoms with van der Waals surface area (Å²) in [6.45, 7) is 2.90. The van der Waals surface area contributed by atoms with Gasteiger partial charge in [0, 0.05) is 37.8 Å². The van der Waals surface area contributed by atoms with Crippen molar-refractivity contribution in [3.05, 3.63) is 95.2 Å². The molecule has 0 radical (unpaired) electrons. The Kier molecular flexibility index (Phi) is 6.54. The number of pyridine rings is 1. The van der Waals surface area contributed by atoms with Gasteiger partial charge in [0.25, 0.3) is 0 Å². The number of hydrogen-bond donors (Lipinski definition) is 0. The third-order valence-corrected chi connectivity index (χ3v) is 5.74. The average Bonchev–Trinajstić information content (AvgIpc) is 3.19. The maximum atomic E-state index is 13.9. The molecule has 1 unspecified atom stereocenters. The third-order valence-electron chi connectivity index (χ3n) is 5.74. The summed E-state index contributed by atoms with van der Waals surface area (Å²) in [4.78, 5) is 6.49. The van der Waals surface area contributed by atoms with Gasteiger partial charge in [0.2, 0.25) is 5.88 Å². The van der Waals surface area contributed by atoms with Gasteiger partial charge >= 0.3 is 0 Å². The van der Waals surface area contributed by atoms with Crippen molar-refractivity contribution in [2.75, 3.05) is 19.7 Å². The molecule has 0 aliphatic carbocycles. The lowest BCUT2D eigenvalue weighted by atomic mass is 9.87. The van der Waals surface area contributed by atoms with Crippen LogP contribution in [0.2, 0.25) is 0 Å². The number of nitrogens with zero attached hydrogens (tertiary/aromatic N) is 3. The minimum absolute atomic E-state index is 0.0938. The number of aromatic nitrogens is 1. The summed E-state index contributed by atoms with van der Waals surface area (Å²) >= 11 is 0. The number of benzene rings is 2. The molecule has 158 valence electrons. The lowest BCUT2D eigenvalue weighted by Gasteiger charge is -2.19. The second kappa shape index (κ2) is 9.67. The molecule has 0 N–H and O–H groups in total. The van der Waals surface area contributed by atoms with Crippen molar-refractivity contribution in [3.63, 3.8) is 0 Å². The van der Waals surface area contributed by atoms with Crippen LogP contribution < -0.4 is 4.74 Å². The molecule has 0 saturated carbocycles. The Labute approximate surface area is 180 Å². The topological polar surface area (TPSA) is 49.1 Å². The highest BCUT2D eigenvalue weighted by Gasteiger charge is 2.34. The second-order valence-corrected chi connectivity index (χ2v) is 7.85. The molecule has 6 heteroatoms. The average molecular weight is 419 g/mol. The Balaban J connectivity index is 1.44. The molecular weight excluding hydrogens is 396 g/mol. The van der Waals surface area contributed by atoms with Gasteiger partial charge in [0.1, 0.15) is 6.07 Å². The Hall–Kier alpha value is -3.30. The van der Waals surface area contributed by atoms with Gasteiger partial charge in [-0.15, -0.1) is 0 Å². The zero-order chi connectivity index (χ0) is 21.6. The summed E-state index contributed by atoms with van der Waals surface area (Å²) in [5.41, 5.74) is 2.53. The van der Waals surface area contributed by atoms with Crippen molar-refractivity contribution in [1.29, 1.82) is 5.26 Å².